The van der Waals surface area contributed by atoms with Crippen molar-refractivity contribution in [1.29, 1.82) is 0 Å². The summed E-state index contributed by atoms with van der Waals surface area (Å²) in [5, 5.41) is 25.9. The lowest BCUT2D eigenvalue weighted by atomic mass is 9.94. The van der Waals surface area contributed by atoms with Crippen molar-refractivity contribution in [3.8, 4) is 0 Å². The molecule has 7 rings (SSSR count). The molecule has 3 N–H and O–H groups in total. The minimum Gasteiger partial charge on any atom is -0.479 e. The molecule has 13 nitrogen and oxygen atoms in total. The number of benzene rings is 5. The van der Waals surface area contributed by atoms with Crippen molar-refractivity contribution in [1.82, 2.24) is 5.32 Å². The van der Waals surface area contributed by atoms with Gasteiger partial charge in [0.05, 0.1) is 39.6 Å². The number of rotatable bonds is 20. The predicted octanol–water partition coefficient (Wildman–Crippen LogP) is 6.27. The topological polar surface area (TPSA) is 160 Å². The quantitative estimate of drug-likeness (QED) is 0.0807. The predicted molar refractivity (Wildman–Crippen MR) is 231 cm³/mol. The Morgan fingerprint density at radius 3 is 1.51 bits per heavy atom. The highest BCUT2D eigenvalue weighted by Crippen LogP contribution is 2.35. The summed E-state index contributed by atoms with van der Waals surface area (Å²) in [6.07, 6.45) is -11.6. The smallest absolute Gasteiger partial charge is 0.335 e. The number of carbonyl (C=O) groups is 2. The number of carboxylic acid groups (broad SMARTS) is 1. The van der Waals surface area contributed by atoms with E-state index in [1.807, 2.05) is 153 Å². The van der Waals surface area contributed by atoms with Crippen LogP contribution in [0, 0.1) is 6.92 Å². The minimum absolute atomic E-state index is 0.00915. The molecule has 63 heavy (non-hydrogen) atoms. The standard InChI is InChI=1S/C50H55NO12/c1-33-23-25-39(26-24-33)27-56-32-40-43(57-28-35-15-7-3-8-16-35)44(41(51-34(2)52)49(61-40)60-31-38-21-13-6-14-22-38)62-50-42(53)45(58-29-36-17-9-4-10-18-36)46(47(63-50)48(54)55)59-30-37-19-11-5-12-20-37/h3-26,40-47,49-50,53H,27-32H2,1-2H3,(H,51,52)(H,54,55)/t40-,41-,42-,43-,44-,45-,46+,47+,49-,50-/m1/s1. The normalized spacial score (nSPS) is 25.9. The van der Waals surface area contributed by atoms with Gasteiger partial charge in [-0.1, -0.05) is 151 Å². The van der Waals surface area contributed by atoms with Crippen molar-refractivity contribution in [3.63, 3.8) is 0 Å². The van der Waals surface area contributed by atoms with Gasteiger partial charge in [0, 0.05) is 6.92 Å². The fourth-order valence-corrected chi connectivity index (χ4v) is 7.63. The number of hydrogen-bond donors (Lipinski definition) is 3. The van der Waals surface area contributed by atoms with Crippen LogP contribution in [0.1, 0.15) is 40.3 Å². The highest BCUT2D eigenvalue weighted by Gasteiger charge is 2.55. The number of carbonyl (C=O) groups excluding carboxylic acids is 1. The third kappa shape index (κ3) is 12.9. The maximum absolute atomic E-state index is 13.1. The van der Waals surface area contributed by atoms with Crippen molar-refractivity contribution in [3.05, 3.63) is 179 Å². The number of nitrogens with one attached hydrogen (secondary N) is 1. The zero-order valence-corrected chi connectivity index (χ0v) is 35.3. The van der Waals surface area contributed by atoms with E-state index in [4.69, 9.17) is 37.9 Å². The molecule has 0 bridgehead atoms. The van der Waals surface area contributed by atoms with E-state index in [0.29, 0.717) is 0 Å². The van der Waals surface area contributed by atoms with Crippen molar-refractivity contribution >= 4 is 11.9 Å². The first-order valence-corrected chi connectivity index (χ1v) is 21.1. The van der Waals surface area contributed by atoms with Gasteiger partial charge in [-0.3, -0.25) is 4.79 Å². The Kier molecular flexibility index (Phi) is 16.6. The maximum atomic E-state index is 13.1. The van der Waals surface area contributed by atoms with Gasteiger partial charge in [-0.2, -0.15) is 0 Å². The lowest BCUT2D eigenvalue weighted by Crippen LogP contribution is -2.69. The number of carboxylic acids is 1. The van der Waals surface area contributed by atoms with Gasteiger partial charge in [-0.05, 0) is 34.7 Å². The third-order valence-electron chi connectivity index (χ3n) is 10.9. The van der Waals surface area contributed by atoms with Crippen LogP contribution < -0.4 is 5.32 Å². The van der Waals surface area contributed by atoms with Gasteiger partial charge in [-0.25, -0.2) is 4.79 Å². The second-order valence-corrected chi connectivity index (χ2v) is 15.7. The fraction of sp³-hybridized carbons (Fsp3) is 0.360. The Balaban J connectivity index is 1.23. The summed E-state index contributed by atoms with van der Waals surface area (Å²) in [7, 11) is 0. The first-order chi connectivity index (χ1) is 30.7. The Labute approximate surface area is 367 Å². The average Bonchev–Trinajstić information content (AvgIpc) is 3.30. The zero-order chi connectivity index (χ0) is 44.0. The van der Waals surface area contributed by atoms with Crippen LogP contribution in [0.3, 0.4) is 0 Å². The number of hydrogen-bond acceptors (Lipinski definition) is 11. The van der Waals surface area contributed by atoms with E-state index >= 15 is 0 Å². The van der Waals surface area contributed by atoms with E-state index in [1.165, 1.54) is 6.92 Å². The number of aliphatic hydroxyl groups is 1. The summed E-state index contributed by atoms with van der Waals surface area (Å²) in [4.78, 5) is 26.2. The van der Waals surface area contributed by atoms with Crippen LogP contribution in [-0.2, 0) is 80.5 Å². The number of aryl methyl sites for hydroxylation is 1. The van der Waals surface area contributed by atoms with Crippen LogP contribution in [0.25, 0.3) is 0 Å². The van der Waals surface area contributed by atoms with Crippen LogP contribution in [-0.4, -0.2) is 90.0 Å². The fourth-order valence-electron chi connectivity index (χ4n) is 7.63. The highest BCUT2D eigenvalue weighted by atomic mass is 16.7. The van der Waals surface area contributed by atoms with Crippen LogP contribution in [0.5, 0.6) is 0 Å². The van der Waals surface area contributed by atoms with Gasteiger partial charge in [-0.15, -0.1) is 0 Å². The summed E-state index contributed by atoms with van der Waals surface area (Å²) in [6, 6.07) is 44.5. The number of ether oxygens (including phenoxy) is 8. The molecule has 0 aliphatic carbocycles. The first-order valence-electron chi connectivity index (χ1n) is 21.1. The second kappa shape index (κ2) is 22.9. The Morgan fingerprint density at radius 2 is 1.02 bits per heavy atom. The Hall–Kier alpha value is -5.32. The van der Waals surface area contributed by atoms with Gasteiger partial charge in [0.15, 0.2) is 18.7 Å². The van der Waals surface area contributed by atoms with Crippen LogP contribution in [0.4, 0.5) is 0 Å². The summed E-state index contributed by atoms with van der Waals surface area (Å²) >= 11 is 0. The van der Waals surface area contributed by atoms with E-state index in [0.717, 1.165) is 33.4 Å². The monoisotopic (exact) mass is 861 g/mol. The number of aliphatic hydroxyl groups excluding tert-OH is 1. The van der Waals surface area contributed by atoms with E-state index < -0.39 is 73.2 Å². The van der Waals surface area contributed by atoms with Crippen molar-refractivity contribution in [2.75, 3.05) is 6.61 Å². The molecule has 5 aromatic rings. The zero-order valence-electron chi connectivity index (χ0n) is 35.3. The summed E-state index contributed by atoms with van der Waals surface area (Å²) in [5.74, 6) is -1.77. The summed E-state index contributed by atoms with van der Waals surface area (Å²) < 4.78 is 51.7. The first kappa shape index (κ1) is 45.7. The lowest BCUT2D eigenvalue weighted by Gasteiger charge is -2.49. The average molecular weight is 862 g/mol. The molecular formula is C50H55NO12. The van der Waals surface area contributed by atoms with E-state index in [-0.39, 0.29) is 39.6 Å². The maximum Gasteiger partial charge on any atom is 0.335 e. The van der Waals surface area contributed by atoms with Gasteiger partial charge in [0.2, 0.25) is 5.91 Å². The van der Waals surface area contributed by atoms with E-state index in [2.05, 4.69) is 5.32 Å². The van der Waals surface area contributed by atoms with Crippen molar-refractivity contribution in [2.24, 2.45) is 0 Å². The molecule has 0 aromatic heterocycles. The van der Waals surface area contributed by atoms with Crippen LogP contribution in [0.2, 0.25) is 0 Å². The molecule has 0 saturated carbocycles. The number of aliphatic carboxylic acids is 1. The summed E-state index contributed by atoms with van der Waals surface area (Å²) in [6.45, 7) is 3.90. The molecule has 2 saturated heterocycles. The molecule has 0 spiro atoms. The molecule has 2 aliphatic heterocycles. The van der Waals surface area contributed by atoms with Crippen LogP contribution >= 0.6 is 0 Å². The lowest BCUT2D eigenvalue weighted by molar-refractivity contribution is -0.352. The largest absolute Gasteiger partial charge is 0.479 e. The van der Waals surface area contributed by atoms with Gasteiger partial charge >= 0.3 is 5.97 Å². The highest BCUT2D eigenvalue weighted by molar-refractivity contribution is 5.74. The molecule has 332 valence electrons. The Bertz CT molecular complexity index is 2130. The molecule has 13 heteroatoms. The SMILES string of the molecule is CC(=O)N[C@H]1[C@H](OCc2ccccc2)O[C@H](COCc2ccc(C)cc2)[C@@H](OCc2ccccc2)[C@@H]1O[C@@H]1O[C@H](C(=O)O)[C@@H](OCc2ccccc2)[C@H](OCc2ccccc2)[C@H]1O. The molecular weight excluding hydrogens is 807 g/mol. The van der Waals surface area contributed by atoms with Crippen molar-refractivity contribution < 1.29 is 57.7 Å². The molecule has 2 fully saturated rings. The van der Waals surface area contributed by atoms with Gasteiger partial charge in [0.25, 0.3) is 0 Å². The molecule has 2 aliphatic rings. The number of amides is 1. The van der Waals surface area contributed by atoms with Gasteiger partial charge < -0.3 is 53.4 Å². The molecule has 10 atom stereocenters. The minimum atomic E-state index is -1.65. The van der Waals surface area contributed by atoms with E-state index in [9.17, 15) is 19.8 Å². The summed E-state index contributed by atoms with van der Waals surface area (Å²) in [5.41, 5.74) is 5.34. The Morgan fingerprint density at radius 1 is 0.556 bits per heavy atom. The van der Waals surface area contributed by atoms with Crippen LogP contribution in [0.15, 0.2) is 146 Å². The molecule has 5 aromatic carbocycles. The molecule has 2 heterocycles. The molecule has 1 amide bonds. The van der Waals surface area contributed by atoms with Crippen molar-refractivity contribution in [2.45, 2.75) is 108 Å². The van der Waals surface area contributed by atoms with E-state index in [1.54, 1.807) is 0 Å². The van der Waals surface area contributed by atoms with Gasteiger partial charge in [0.1, 0.15) is 42.7 Å². The third-order valence-corrected chi connectivity index (χ3v) is 10.9. The molecule has 0 unspecified atom stereocenters. The second-order valence-electron chi connectivity index (χ2n) is 15.7. The molecule has 0 radical (unpaired) electrons.